The molecule has 29 heavy (non-hydrogen) atoms. The van der Waals surface area contributed by atoms with Crippen molar-refractivity contribution in [2.45, 2.75) is 19.1 Å². The van der Waals surface area contributed by atoms with Crippen LogP contribution in [0.25, 0.3) is 10.9 Å². The monoisotopic (exact) mass is 403 g/mol. The van der Waals surface area contributed by atoms with Gasteiger partial charge >= 0.3 is 12.3 Å². The molecule has 1 aromatic heterocycles. The number of aromatic amines is 1. The largest absolute Gasteiger partial charge is 0.427 e. The van der Waals surface area contributed by atoms with Gasteiger partial charge in [0.25, 0.3) is 0 Å². The fourth-order valence-corrected chi connectivity index (χ4v) is 3.74. The van der Waals surface area contributed by atoms with Crippen LogP contribution in [0.15, 0.2) is 48.7 Å². The van der Waals surface area contributed by atoms with E-state index >= 15 is 0 Å². The van der Waals surface area contributed by atoms with Gasteiger partial charge in [-0.05, 0) is 24.1 Å². The highest BCUT2D eigenvalue weighted by molar-refractivity contribution is 5.83. The topological polar surface area (TPSA) is 80.6 Å². The molecule has 4 rings (SSSR count). The average Bonchev–Trinajstić information content (AvgIpc) is 3.11. The molecule has 1 N–H and O–H groups in total. The number of halogens is 2. The summed E-state index contributed by atoms with van der Waals surface area (Å²) in [5.74, 6) is -0.445. The maximum absolute atomic E-state index is 12.7. The van der Waals surface area contributed by atoms with Gasteiger partial charge in [-0.1, -0.05) is 18.2 Å². The van der Waals surface area contributed by atoms with Crippen LogP contribution in [0, 0.1) is 10.1 Å². The van der Waals surface area contributed by atoms with Crippen molar-refractivity contribution in [3.05, 3.63) is 64.3 Å². The molecule has 3 aromatic rings. The Balaban J connectivity index is 1.64. The third kappa shape index (κ3) is 4.00. The quantitative estimate of drug-likeness (QED) is 0.495. The van der Waals surface area contributed by atoms with Gasteiger partial charge in [0, 0.05) is 41.5 Å². The van der Waals surface area contributed by atoms with Crippen LogP contribution >= 0.6 is 0 Å². The van der Waals surface area contributed by atoms with Crippen molar-refractivity contribution in [3.8, 4) is 5.75 Å². The molecule has 1 atom stereocenters. The van der Waals surface area contributed by atoms with E-state index in [1.54, 1.807) is 6.07 Å². The smallest absolute Gasteiger partial charge is 0.387 e. The predicted molar refractivity (Wildman–Crippen MR) is 104 cm³/mol. The number of anilines is 1. The van der Waals surface area contributed by atoms with E-state index in [9.17, 15) is 18.9 Å². The van der Waals surface area contributed by atoms with E-state index in [-0.39, 0.29) is 6.04 Å². The molecule has 0 unspecified atom stereocenters. The molecule has 0 spiro atoms. The summed E-state index contributed by atoms with van der Waals surface area (Å²) in [6.45, 7) is -1.66. The van der Waals surface area contributed by atoms with Gasteiger partial charge in [-0.15, -0.1) is 0 Å². The van der Waals surface area contributed by atoms with Crippen LogP contribution in [-0.4, -0.2) is 42.3 Å². The standard InChI is InChI=1S/C20H19F2N3O4/c21-20(22)29-19-10-14(5-6-18(19)25(26)27)24-7-8-28-12-15(24)9-13-11-23-17-4-2-1-3-16(13)17/h1-6,10-11,15,20,23H,7-9,12H2/t15-/m0/s1. The molecule has 1 saturated heterocycles. The van der Waals surface area contributed by atoms with Gasteiger partial charge in [0.15, 0.2) is 0 Å². The number of nitrogens with one attached hydrogen (secondary N) is 1. The Bertz CT molecular complexity index is 1020. The van der Waals surface area contributed by atoms with Gasteiger partial charge < -0.3 is 19.4 Å². The lowest BCUT2D eigenvalue weighted by Gasteiger charge is -2.37. The fourth-order valence-electron chi connectivity index (χ4n) is 3.74. The van der Waals surface area contributed by atoms with Crippen LogP contribution in [0.5, 0.6) is 5.75 Å². The highest BCUT2D eigenvalue weighted by Gasteiger charge is 2.27. The van der Waals surface area contributed by atoms with Crippen molar-refractivity contribution < 1.29 is 23.2 Å². The van der Waals surface area contributed by atoms with E-state index < -0.39 is 23.0 Å². The average molecular weight is 403 g/mol. The number of morpholine rings is 1. The van der Waals surface area contributed by atoms with Gasteiger partial charge in [0.1, 0.15) is 0 Å². The minimum atomic E-state index is -3.14. The normalized spacial score (nSPS) is 17.1. The number of para-hydroxylation sites is 1. The van der Waals surface area contributed by atoms with Crippen molar-refractivity contribution in [1.82, 2.24) is 4.98 Å². The Hall–Kier alpha value is -3.20. The second kappa shape index (κ2) is 8.04. The molecule has 1 aliphatic heterocycles. The lowest BCUT2D eigenvalue weighted by molar-refractivity contribution is -0.386. The molecule has 0 amide bonds. The number of alkyl halides is 2. The summed E-state index contributed by atoms with van der Waals surface area (Å²) < 4.78 is 35.5. The Morgan fingerprint density at radius 3 is 2.93 bits per heavy atom. The van der Waals surface area contributed by atoms with E-state index in [1.807, 2.05) is 35.4 Å². The summed E-state index contributed by atoms with van der Waals surface area (Å²) >= 11 is 0. The molecule has 7 nitrogen and oxygen atoms in total. The lowest BCUT2D eigenvalue weighted by Crippen LogP contribution is -2.46. The van der Waals surface area contributed by atoms with Crippen LogP contribution < -0.4 is 9.64 Å². The predicted octanol–water partition coefficient (Wildman–Crippen LogP) is 4.13. The summed E-state index contributed by atoms with van der Waals surface area (Å²) in [7, 11) is 0. The van der Waals surface area contributed by atoms with E-state index in [1.165, 1.54) is 12.1 Å². The molecule has 0 radical (unpaired) electrons. The SMILES string of the molecule is O=[N+]([O-])c1ccc(N2CCOC[C@@H]2Cc2c[nH]c3ccccc23)cc1OC(F)F. The highest BCUT2D eigenvalue weighted by Crippen LogP contribution is 2.34. The number of ether oxygens (including phenoxy) is 2. The molecule has 152 valence electrons. The fraction of sp³-hybridized carbons (Fsp3) is 0.300. The van der Waals surface area contributed by atoms with E-state index in [0.717, 1.165) is 16.5 Å². The molecule has 9 heteroatoms. The van der Waals surface area contributed by atoms with Crippen LogP contribution in [-0.2, 0) is 11.2 Å². The van der Waals surface area contributed by atoms with Crippen molar-refractivity contribution in [2.24, 2.45) is 0 Å². The number of nitro groups is 1. The van der Waals surface area contributed by atoms with Gasteiger partial charge in [0.05, 0.1) is 24.2 Å². The number of nitro benzene ring substituents is 1. The summed E-state index contributed by atoms with van der Waals surface area (Å²) in [5.41, 5.74) is 2.25. The zero-order valence-corrected chi connectivity index (χ0v) is 15.4. The second-order valence-corrected chi connectivity index (χ2v) is 6.77. The molecule has 1 aliphatic rings. The minimum Gasteiger partial charge on any atom is -0.427 e. The first kappa shape index (κ1) is 19.1. The van der Waals surface area contributed by atoms with Crippen LogP contribution in [0.1, 0.15) is 5.56 Å². The number of hydrogen-bond acceptors (Lipinski definition) is 5. The first-order chi connectivity index (χ1) is 14.0. The zero-order chi connectivity index (χ0) is 20.4. The maximum Gasteiger partial charge on any atom is 0.387 e. The van der Waals surface area contributed by atoms with Gasteiger partial charge in [0.2, 0.25) is 5.75 Å². The third-order valence-electron chi connectivity index (χ3n) is 5.05. The molecule has 0 bridgehead atoms. The molecule has 2 aromatic carbocycles. The van der Waals surface area contributed by atoms with E-state index in [0.29, 0.717) is 31.9 Å². The van der Waals surface area contributed by atoms with Gasteiger partial charge in [-0.2, -0.15) is 8.78 Å². The molecule has 1 fully saturated rings. The van der Waals surface area contributed by atoms with E-state index in [2.05, 4.69) is 9.72 Å². The Kier molecular flexibility index (Phi) is 5.30. The molecule has 0 aliphatic carbocycles. The highest BCUT2D eigenvalue weighted by atomic mass is 19.3. The molecule has 0 saturated carbocycles. The summed E-state index contributed by atoms with van der Waals surface area (Å²) in [6.07, 6.45) is 2.63. The second-order valence-electron chi connectivity index (χ2n) is 6.77. The summed E-state index contributed by atoms with van der Waals surface area (Å²) in [4.78, 5) is 15.7. The Morgan fingerprint density at radius 1 is 1.31 bits per heavy atom. The Morgan fingerprint density at radius 2 is 2.14 bits per heavy atom. The molecular formula is C20H19F2N3O4. The first-order valence-corrected chi connectivity index (χ1v) is 9.15. The molecular weight excluding hydrogens is 384 g/mol. The van der Waals surface area contributed by atoms with Crippen molar-refractivity contribution in [1.29, 1.82) is 0 Å². The number of aromatic nitrogens is 1. The number of benzene rings is 2. The third-order valence-corrected chi connectivity index (χ3v) is 5.05. The minimum absolute atomic E-state index is 0.0520. The van der Waals surface area contributed by atoms with E-state index in [4.69, 9.17) is 4.74 Å². The number of H-pyrrole nitrogens is 1. The number of hydrogen-bond donors (Lipinski definition) is 1. The summed E-state index contributed by atoms with van der Waals surface area (Å²) in [5, 5.41) is 12.2. The van der Waals surface area contributed by atoms with Gasteiger partial charge in [-0.25, -0.2) is 0 Å². The number of fused-ring (bicyclic) bond motifs is 1. The molecule has 2 heterocycles. The number of rotatable bonds is 6. The van der Waals surface area contributed by atoms with Crippen molar-refractivity contribution in [3.63, 3.8) is 0 Å². The summed E-state index contributed by atoms with van der Waals surface area (Å²) in [6, 6.07) is 12.0. The van der Waals surface area contributed by atoms with Gasteiger partial charge in [-0.3, -0.25) is 10.1 Å². The Labute approximate surface area is 165 Å². The van der Waals surface area contributed by atoms with Crippen LogP contribution in [0.4, 0.5) is 20.2 Å². The lowest BCUT2D eigenvalue weighted by atomic mass is 10.0. The van der Waals surface area contributed by atoms with Crippen molar-refractivity contribution >= 4 is 22.3 Å². The zero-order valence-electron chi connectivity index (χ0n) is 15.4. The maximum atomic E-state index is 12.7. The van der Waals surface area contributed by atoms with Crippen LogP contribution in [0.3, 0.4) is 0 Å². The first-order valence-electron chi connectivity index (χ1n) is 9.15. The van der Waals surface area contributed by atoms with Crippen molar-refractivity contribution in [2.75, 3.05) is 24.7 Å². The van der Waals surface area contributed by atoms with Crippen LogP contribution in [0.2, 0.25) is 0 Å². The number of nitrogens with zero attached hydrogens (tertiary/aromatic N) is 2.